The third-order valence-corrected chi connectivity index (χ3v) is 7.21. The number of thiazole rings is 1. The van der Waals surface area contributed by atoms with Crippen molar-refractivity contribution >= 4 is 35.0 Å². The minimum atomic E-state index is -1.08. The van der Waals surface area contributed by atoms with Crippen LogP contribution < -0.4 is 29.7 Å². The lowest BCUT2D eigenvalue weighted by Gasteiger charge is -2.25. The molecule has 10 heteroatoms. The zero-order valence-corrected chi connectivity index (χ0v) is 22.5. The van der Waals surface area contributed by atoms with Gasteiger partial charge in [-0.3, -0.25) is 14.2 Å². The lowest BCUT2D eigenvalue weighted by molar-refractivity contribution is -0.139. The van der Waals surface area contributed by atoms with Crippen molar-refractivity contribution < 1.29 is 24.2 Å². The number of carboxylic acid groups (broad SMARTS) is 1. The van der Waals surface area contributed by atoms with Crippen LogP contribution in [0.15, 0.2) is 99.9 Å². The van der Waals surface area contributed by atoms with Gasteiger partial charge in [0.1, 0.15) is 11.5 Å². The van der Waals surface area contributed by atoms with E-state index in [2.05, 4.69) is 10.3 Å². The number of benzene rings is 3. The molecule has 0 saturated heterocycles. The van der Waals surface area contributed by atoms with Crippen LogP contribution >= 0.6 is 11.3 Å². The normalized spacial score (nSPS) is 14.8. The number of aliphatic carboxylic acids is 1. The number of carboxylic acids is 1. The van der Waals surface area contributed by atoms with Gasteiger partial charge in [0.2, 0.25) is 0 Å². The van der Waals surface area contributed by atoms with Crippen LogP contribution in [-0.4, -0.2) is 35.3 Å². The molecular formula is C30H25N3O6S. The monoisotopic (exact) mass is 555 g/mol. The van der Waals surface area contributed by atoms with E-state index >= 15 is 0 Å². The lowest BCUT2D eigenvalue weighted by atomic mass is 9.95. The Kier molecular flexibility index (Phi) is 7.61. The van der Waals surface area contributed by atoms with Gasteiger partial charge >= 0.3 is 5.97 Å². The lowest BCUT2D eigenvalue weighted by Crippen LogP contribution is -2.40. The SMILES string of the molecule is COc1cccc(C2C(C(=O)Nc3ccccc3)=C(C)N=c3s/c(=C/c4cccc(OCC(=O)O)c4)c(=O)n32)c1. The van der Waals surface area contributed by atoms with Gasteiger partial charge in [-0.1, -0.05) is 53.8 Å². The largest absolute Gasteiger partial charge is 0.497 e. The van der Waals surface area contributed by atoms with E-state index in [1.807, 2.05) is 30.3 Å². The maximum absolute atomic E-state index is 13.9. The summed E-state index contributed by atoms with van der Waals surface area (Å²) in [6.07, 6.45) is 1.70. The number of hydrogen-bond donors (Lipinski definition) is 2. The average molecular weight is 556 g/mol. The minimum Gasteiger partial charge on any atom is -0.497 e. The summed E-state index contributed by atoms with van der Waals surface area (Å²) in [6, 6.07) is 22.4. The molecular weight excluding hydrogens is 530 g/mol. The van der Waals surface area contributed by atoms with E-state index in [-0.39, 0.29) is 11.5 Å². The van der Waals surface area contributed by atoms with Gasteiger partial charge in [0.05, 0.1) is 29.0 Å². The molecule has 40 heavy (non-hydrogen) atoms. The molecule has 0 aliphatic carbocycles. The Morgan fingerprint density at radius 3 is 2.55 bits per heavy atom. The highest BCUT2D eigenvalue weighted by Crippen LogP contribution is 2.32. The van der Waals surface area contributed by atoms with E-state index in [4.69, 9.17) is 14.6 Å². The second-order valence-electron chi connectivity index (χ2n) is 8.93. The van der Waals surface area contributed by atoms with Crippen molar-refractivity contribution in [3.05, 3.63) is 121 Å². The van der Waals surface area contributed by atoms with E-state index in [0.717, 1.165) is 0 Å². The highest BCUT2D eigenvalue weighted by Gasteiger charge is 2.32. The number of hydrogen-bond acceptors (Lipinski definition) is 7. The molecule has 9 nitrogen and oxygen atoms in total. The van der Waals surface area contributed by atoms with E-state index in [1.54, 1.807) is 68.6 Å². The van der Waals surface area contributed by atoms with Crippen LogP contribution in [0.3, 0.4) is 0 Å². The zero-order valence-electron chi connectivity index (χ0n) is 21.7. The smallest absolute Gasteiger partial charge is 0.341 e. The second-order valence-corrected chi connectivity index (χ2v) is 9.94. The molecule has 1 aliphatic heterocycles. The topological polar surface area (TPSA) is 119 Å². The number of carbonyl (C=O) groups excluding carboxylic acids is 1. The minimum absolute atomic E-state index is 0.314. The Balaban J connectivity index is 1.63. The maximum atomic E-state index is 13.9. The van der Waals surface area contributed by atoms with Crippen LogP contribution in [-0.2, 0) is 9.59 Å². The fraction of sp³-hybridized carbons (Fsp3) is 0.133. The molecule has 3 aromatic carbocycles. The molecule has 1 atom stereocenters. The van der Waals surface area contributed by atoms with Gasteiger partial charge in [-0.05, 0) is 60.5 Å². The number of rotatable bonds is 8. The van der Waals surface area contributed by atoms with Crippen LogP contribution in [0.5, 0.6) is 11.5 Å². The Hall–Kier alpha value is -4.96. The molecule has 1 unspecified atom stereocenters. The van der Waals surface area contributed by atoms with Gasteiger partial charge in [0.15, 0.2) is 11.4 Å². The average Bonchev–Trinajstić information content (AvgIpc) is 3.25. The molecule has 2 N–H and O–H groups in total. The number of para-hydroxylation sites is 1. The van der Waals surface area contributed by atoms with Crippen LogP contribution in [0, 0.1) is 0 Å². The second kappa shape index (κ2) is 11.4. The summed E-state index contributed by atoms with van der Waals surface area (Å²) in [6.45, 7) is 1.28. The van der Waals surface area contributed by atoms with Crippen LogP contribution in [0.4, 0.5) is 5.69 Å². The number of carbonyl (C=O) groups is 2. The maximum Gasteiger partial charge on any atom is 0.341 e. The molecule has 0 bridgehead atoms. The first kappa shape index (κ1) is 26.6. The summed E-state index contributed by atoms with van der Waals surface area (Å²) < 4.78 is 12.6. The molecule has 0 spiro atoms. The van der Waals surface area contributed by atoms with Crippen molar-refractivity contribution in [1.29, 1.82) is 0 Å². The summed E-state index contributed by atoms with van der Waals surface area (Å²) >= 11 is 1.21. The predicted octanol–water partition coefficient (Wildman–Crippen LogP) is 3.35. The van der Waals surface area contributed by atoms with Gasteiger partial charge < -0.3 is 19.9 Å². The van der Waals surface area contributed by atoms with E-state index in [0.29, 0.717) is 48.9 Å². The number of nitrogens with one attached hydrogen (secondary N) is 1. The van der Waals surface area contributed by atoms with Crippen molar-refractivity contribution in [2.45, 2.75) is 13.0 Å². The Bertz CT molecular complexity index is 1810. The molecule has 1 aliphatic rings. The first-order valence-electron chi connectivity index (χ1n) is 12.3. The van der Waals surface area contributed by atoms with Crippen LogP contribution in [0.1, 0.15) is 24.1 Å². The molecule has 5 rings (SSSR count). The number of ether oxygens (including phenoxy) is 2. The summed E-state index contributed by atoms with van der Waals surface area (Å²) in [5.74, 6) is -0.485. The fourth-order valence-corrected chi connectivity index (χ4v) is 5.50. The molecule has 1 aromatic heterocycles. The highest BCUT2D eigenvalue weighted by molar-refractivity contribution is 7.07. The van der Waals surface area contributed by atoms with Crippen molar-refractivity contribution in [2.24, 2.45) is 4.99 Å². The Morgan fingerprint density at radius 2 is 1.80 bits per heavy atom. The van der Waals surface area contributed by atoms with Crippen LogP contribution in [0.2, 0.25) is 0 Å². The number of anilines is 1. The number of methoxy groups -OCH3 is 1. The first-order chi connectivity index (χ1) is 19.3. The Morgan fingerprint density at radius 1 is 1.05 bits per heavy atom. The van der Waals surface area contributed by atoms with E-state index in [1.165, 1.54) is 15.9 Å². The molecule has 0 fully saturated rings. The Labute approximate surface area is 233 Å². The summed E-state index contributed by atoms with van der Waals surface area (Å²) in [5, 5.41) is 11.8. The number of amides is 1. The molecule has 0 radical (unpaired) electrons. The van der Waals surface area contributed by atoms with Gasteiger partial charge in [-0.2, -0.15) is 0 Å². The van der Waals surface area contributed by atoms with Crippen molar-refractivity contribution in [3.63, 3.8) is 0 Å². The van der Waals surface area contributed by atoms with Gasteiger partial charge in [-0.15, -0.1) is 0 Å². The third kappa shape index (κ3) is 5.57. The van der Waals surface area contributed by atoms with E-state index < -0.39 is 18.6 Å². The van der Waals surface area contributed by atoms with Gasteiger partial charge in [0, 0.05) is 5.69 Å². The fourth-order valence-electron chi connectivity index (χ4n) is 4.45. The van der Waals surface area contributed by atoms with Crippen LogP contribution in [0.25, 0.3) is 6.08 Å². The summed E-state index contributed by atoms with van der Waals surface area (Å²) in [5.41, 5.74) is 2.51. The standard InChI is InChI=1S/C30H25N3O6S/c1-18-26(28(36)32-21-10-4-3-5-11-21)27(20-9-7-12-22(16-20)38-2)33-29(37)24(40-30(33)31-18)15-19-8-6-13-23(14-19)39-17-25(34)35/h3-16,27H,17H2,1-2H3,(H,32,36)(H,34,35)/b24-15+. The molecule has 2 heterocycles. The number of allylic oxidation sites excluding steroid dienone is 1. The highest BCUT2D eigenvalue weighted by atomic mass is 32.1. The molecule has 1 amide bonds. The van der Waals surface area contributed by atoms with Gasteiger partial charge in [0.25, 0.3) is 11.5 Å². The van der Waals surface area contributed by atoms with Crippen molar-refractivity contribution in [3.8, 4) is 11.5 Å². The zero-order chi connectivity index (χ0) is 28.2. The summed E-state index contributed by atoms with van der Waals surface area (Å²) in [4.78, 5) is 43.5. The predicted molar refractivity (Wildman–Crippen MR) is 151 cm³/mol. The third-order valence-electron chi connectivity index (χ3n) is 6.23. The quantitative estimate of drug-likeness (QED) is 0.344. The summed E-state index contributed by atoms with van der Waals surface area (Å²) in [7, 11) is 1.56. The molecule has 202 valence electrons. The van der Waals surface area contributed by atoms with Gasteiger partial charge in [-0.25, -0.2) is 9.79 Å². The van der Waals surface area contributed by atoms with Crippen molar-refractivity contribution in [2.75, 3.05) is 19.0 Å². The molecule has 0 saturated carbocycles. The van der Waals surface area contributed by atoms with E-state index in [9.17, 15) is 14.4 Å². The first-order valence-corrected chi connectivity index (χ1v) is 13.1. The molecule has 4 aromatic rings. The number of nitrogens with zero attached hydrogens (tertiary/aromatic N) is 2. The number of aromatic nitrogens is 1. The number of fused-ring (bicyclic) bond motifs is 1. The van der Waals surface area contributed by atoms with Crippen molar-refractivity contribution in [1.82, 2.24) is 4.57 Å².